The first-order chi connectivity index (χ1) is 9.50. The topological polar surface area (TPSA) is 86.6 Å². The second-order valence-corrected chi connectivity index (χ2v) is 4.27. The predicted octanol–water partition coefficient (Wildman–Crippen LogP) is 2.65. The van der Waals surface area contributed by atoms with E-state index in [-0.39, 0.29) is 22.6 Å². The molecule has 0 aliphatic carbocycles. The van der Waals surface area contributed by atoms with Crippen molar-refractivity contribution in [2.45, 2.75) is 6.92 Å². The molecule has 0 saturated heterocycles. The number of aryl methyl sites for hydroxylation is 1. The molecule has 0 fully saturated rings. The SMILES string of the molecule is Cc1cccc(NC(=O)c2ccccc2O)c1C(=O)O. The van der Waals surface area contributed by atoms with Crippen molar-refractivity contribution < 1.29 is 19.8 Å². The smallest absolute Gasteiger partial charge is 0.338 e. The Kier molecular flexibility index (Phi) is 3.70. The van der Waals surface area contributed by atoms with E-state index < -0.39 is 11.9 Å². The summed E-state index contributed by atoms with van der Waals surface area (Å²) in [5.74, 6) is -1.83. The zero-order valence-corrected chi connectivity index (χ0v) is 10.8. The lowest BCUT2D eigenvalue weighted by Crippen LogP contribution is -2.15. The fourth-order valence-corrected chi connectivity index (χ4v) is 1.91. The molecule has 2 aromatic carbocycles. The quantitative estimate of drug-likeness (QED) is 0.801. The average molecular weight is 271 g/mol. The number of hydrogen-bond acceptors (Lipinski definition) is 3. The number of para-hydroxylation sites is 1. The molecule has 1 amide bonds. The summed E-state index contributed by atoms with van der Waals surface area (Å²) in [4.78, 5) is 23.3. The van der Waals surface area contributed by atoms with Gasteiger partial charge in [-0.2, -0.15) is 0 Å². The van der Waals surface area contributed by atoms with Gasteiger partial charge < -0.3 is 15.5 Å². The van der Waals surface area contributed by atoms with Crippen LogP contribution < -0.4 is 5.32 Å². The van der Waals surface area contributed by atoms with Crippen LogP contribution in [0.25, 0.3) is 0 Å². The van der Waals surface area contributed by atoms with Crippen LogP contribution in [0.15, 0.2) is 42.5 Å². The van der Waals surface area contributed by atoms with Crippen LogP contribution in [0.3, 0.4) is 0 Å². The number of hydrogen-bond donors (Lipinski definition) is 3. The predicted molar refractivity (Wildman–Crippen MR) is 74.2 cm³/mol. The Morgan fingerprint density at radius 1 is 1.05 bits per heavy atom. The molecule has 5 heteroatoms. The first-order valence-corrected chi connectivity index (χ1v) is 5.93. The van der Waals surface area contributed by atoms with E-state index in [1.807, 2.05) is 0 Å². The fourth-order valence-electron chi connectivity index (χ4n) is 1.91. The van der Waals surface area contributed by atoms with Gasteiger partial charge in [0, 0.05) is 0 Å². The molecule has 0 aromatic heterocycles. The van der Waals surface area contributed by atoms with Gasteiger partial charge >= 0.3 is 5.97 Å². The van der Waals surface area contributed by atoms with E-state index >= 15 is 0 Å². The highest BCUT2D eigenvalue weighted by atomic mass is 16.4. The Hall–Kier alpha value is -2.82. The summed E-state index contributed by atoms with van der Waals surface area (Å²) in [5, 5.41) is 21.3. The van der Waals surface area contributed by atoms with Crippen molar-refractivity contribution in [3.63, 3.8) is 0 Å². The molecule has 0 aliphatic rings. The third-order valence-corrected chi connectivity index (χ3v) is 2.88. The monoisotopic (exact) mass is 271 g/mol. The average Bonchev–Trinajstić information content (AvgIpc) is 2.38. The van der Waals surface area contributed by atoms with Crippen LogP contribution in [0, 0.1) is 6.92 Å². The molecule has 20 heavy (non-hydrogen) atoms. The first-order valence-electron chi connectivity index (χ1n) is 5.93. The second-order valence-electron chi connectivity index (χ2n) is 4.27. The zero-order chi connectivity index (χ0) is 14.7. The van der Waals surface area contributed by atoms with Gasteiger partial charge in [-0.3, -0.25) is 4.79 Å². The molecule has 102 valence electrons. The van der Waals surface area contributed by atoms with Gasteiger partial charge in [0.25, 0.3) is 5.91 Å². The van der Waals surface area contributed by atoms with Gasteiger partial charge in [0.2, 0.25) is 0 Å². The highest BCUT2D eigenvalue weighted by Gasteiger charge is 2.17. The number of anilines is 1. The van der Waals surface area contributed by atoms with Gasteiger partial charge in [0.05, 0.1) is 16.8 Å². The summed E-state index contributed by atoms with van der Waals surface area (Å²) in [6, 6.07) is 10.9. The first kappa shape index (κ1) is 13.6. The van der Waals surface area contributed by atoms with Crippen LogP contribution >= 0.6 is 0 Å². The van der Waals surface area contributed by atoms with Crippen molar-refractivity contribution in [1.29, 1.82) is 0 Å². The van der Waals surface area contributed by atoms with E-state index in [1.165, 1.54) is 18.2 Å². The molecule has 0 unspecified atom stereocenters. The molecule has 0 atom stereocenters. The number of carbonyl (C=O) groups is 2. The van der Waals surface area contributed by atoms with Crippen molar-refractivity contribution in [2.75, 3.05) is 5.32 Å². The number of rotatable bonds is 3. The highest BCUT2D eigenvalue weighted by molar-refractivity contribution is 6.09. The molecule has 0 bridgehead atoms. The van der Waals surface area contributed by atoms with E-state index in [2.05, 4.69) is 5.32 Å². The van der Waals surface area contributed by atoms with E-state index in [0.717, 1.165) is 0 Å². The number of carboxylic acids is 1. The lowest BCUT2D eigenvalue weighted by molar-refractivity contribution is 0.0697. The molecule has 0 saturated carbocycles. The normalized spacial score (nSPS) is 10.1. The van der Waals surface area contributed by atoms with Crippen molar-refractivity contribution >= 4 is 17.6 Å². The number of phenols is 1. The molecular weight excluding hydrogens is 258 g/mol. The standard InChI is InChI=1S/C15H13NO4/c1-9-5-4-7-11(13(9)15(19)20)16-14(18)10-6-2-3-8-12(10)17/h2-8,17H,1H3,(H,16,18)(H,19,20). The van der Waals surface area contributed by atoms with Crippen molar-refractivity contribution in [1.82, 2.24) is 0 Å². The molecule has 2 aromatic rings. The summed E-state index contributed by atoms with van der Waals surface area (Å²) >= 11 is 0. The van der Waals surface area contributed by atoms with Crippen LogP contribution in [-0.4, -0.2) is 22.1 Å². The minimum absolute atomic E-state index is 0.0382. The third kappa shape index (κ3) is 2.61. The van der Waals surface area contributed by atoms with Crippen LogP contribution in [0.2, 0.25) is 0 Å². The molecule has 0 aliphatic heterocycles. The van der Waals surface area contributed by atoms with Crippen molar-refractivity contribution in [3.8, 4) is 5.75 Å². The second kappa shape index (κ2) is 5.44. The van der Waals surface area contributed by atoms with E-state index in [0.29, 0.717) is 5.56 Å². The third-order valence-electron chi connectivity index (χ3n) is 2.88. The van der Waals surface area contributed by atoms with Crippen LogP contribution in [0.4, 0.5) is 5.69 Å². The van der Waals surface area contributed by atoms with Gasteiger partial charge in [-0.25, -0.2) is 4.79 Å². The minimum Gasteiger partial charge on any atom is -0.507 e. The lowest BCUT2D eigenvalue weighted by Gasteiger charge is -2.11. The molecule has 0 radical (unpaired) electrons. The maximum absolute atomic E-state index is 12.1. The number of carbonyl (C=O) groups excluding carboxylic acids is 1. The molecule has 5 nitrogen and oxygen atoms in total. The van der Waals surface area contributed by atoms with Crippen molar-refractivity contribution in [2.24, 2.45) is 0 Å². The van der Waals surface area contributed by atoms with E-state index in [1.54, 1.807) is 31.2 Å². The summed E-state index contributed by atoms with van der Waals surface area (Å²) in [7, 11) is 0. The lowest BCUT2D eigenvalue weighted by atomic mass is 10.1. The molecule has 2 rings (SSSR count). The number of benzene rings is 2. The van der Waals surface area contributed by atoms with Crippen molar-refractivity contribution in [3.05, 3.63) is 59.2 Å². The van der Waals surface area contributed by atoms with Gasteiger partial charge in [-0.1, -0.05) is 24.3 Å². The Labute approximate surface area is 115 Å². The summed E-state index contributed by atoms with van der Waals surface area (Å²) in [6.07, 6.45) is 0. The number of phenolic OH excluding ortho intramolecular Hbond substituents is 1. The number of nitrogens with one attached hydrogen (secondary N) is 1. The minimum atomic E-state index is -1.12. The number of aromatic hydroxyl groups is 1. The van der Waals surface area contributed by atoms with E-state index in [9.17, 15) is 19.8 Å². The van der Waals surface area contributed by atoms with Gasteiger partial charge in [-0.05, 0) is 30.7 Å². The fraction of sp³-hybridized carbons (Fsp3) is 0.0667. The largest absolute Gasteiger partial charge is 0.507 e. The Bertz CT molecular complexity index is 679. The van der Waals surface area contributed by atoms with E-state index in [4.69, 9.17) is 0 Å². The molecule has 0 spiro atoms. The van der Waals surface area contributed by atoms with Crippen LogP contribution in [-0.2, 0) is 0 Å². The Morgan fingerprint density at radius 3 is 2.40 bits per heavy atom. The van der Waals surface area contributed by atoms with Crippen LogP contribution in [0.5, 0.6) is 5.75 Å². The Balaban J connectivity index is 2.36. The summed E-state index contributed by atoms with van der Waals surface area (Å²) in [6.45, 7) is 1.65. The maximum atomic E-state index is 12.1. The molecule has 0 heterocycles. The maximum Gasteiger partial charge on any atom is 0.338 e. The summed E-state index contributed by atoms with van der Waals surface area (Å²) < 4.78 is 0. The molecular formula is C15H13NO4. The van der Waals surface area contributed by atoms with Gasteiger partial charge in [0.1, 0.15) is 5.75 Å². The Morgan fingerprint density at radius 2 is 1.75 bits per heavy atom. The van der Waals surface area contributed by atoms with Crippen LogP contribution in [0.1, 0.15) is 26.3 Å². The zero-order valence-electron chi connectivity index (χ0n) is 10.8. The summed E-state index contributed by atoms with van der Waals surface area (Å²) in [5.41, 5.74) is 0.875. The van der Waals surface area contributed by atoms with Gasteiger partial charge in [0.15, 0.2) is 0 Å². The highest BCUT2D eigenvalue weighted by Crippen LogP contribution is 2.22. The number of amides is 1. The number of aromatic carboxylic acids is 1. The number of carboxylic acid groups (broad SMARTS) is 1. The molecule has 3 N–H and O–H groups in total. The van der Waals surface area contributed by atoms with Gasteiger partial charge in [-0.15, -0.1) is 0 Å².